The topological polar surface area (TPSA) is 44.9 Å². The summed E-state index contributed by atoms with van der Waals surface area (Å²) in [6.07, 6.45) is 0. The summed E-state index contributed by atoms with van der Waals surface area (Å²) in [5.74, 6) is 0.515. The fourth-order valence-corrected chi connectivity index (χ4v) is 2.81. The van der Waals surface area contributed by atoms with E-state index in [0.717, 1.165) is 31.9 Å². The highest BCUT2D eigenvalue weighted by Gasteiger charge is 2.20. The molecule has 2 aromatic rings. The van der Waals surface area contributed by atoms with E-state index in [4.69, 9.17) is 5.26 Å². The van der Waals surface area contributed by atoms with Gasteiger partial charge in [-0.15, -0.1) is 0 Å². The van der Waals surface area contributed by atoms with Gasteiger partial charge in [0.05, 0.1) is 12.2 Å². The Balaban J connectivity index is 1.67. The van der Waals surface area contributed by atoms with Gasteiger partial charge in [0.2, 0.25) is 0 Å². The van der Waals surface area contributed by atoms with Crippen molar-refractivity contribution < 1.29 is 0 Å². The largest absolute Gasteiger partial charge is 0.295 e. The zero-order valence-electron chi connectivity index (χ0n) is 11.7. The van der Waals surface area contributed by atoms with E-state index in [2.05, 4.69) is 53.3 Å². The Morgan fingerprint density at radius 1 is 1.30 bits per heavy atom. The quantitative estimate of drug-likeness (QED) is 0.856. The van der Waals surface area contributed by atoms with Crippen LogP contribution in [0.2, 0.25) is 0 Å². The third-order valence-electron chi connectivity index (χ3n) is 3.89. The lowest BCUT2D eigenvalue weighted by molar-refractivity contribution is 0.204. The maximum Gasteiger partial charge on any atom is 0.162 e. The number of nitriles is 1. The predicted molar refractivity (Wildman–Crippen MR) is 77.1 cm³/mol. The number of nitrogens with zero attached hydrogens (tertiary/aromatic N) is 4. The molecule has 0 spiro atoms. The Kier molecular flexibility index (Phi) is 3.53. The van der Waals surface area contributed by atoms with E-state index < -0.39 is 0 Å². The van der Waals surface area contributed by atoms with Gasteiger partial charge in [-0.05, 0) is 17.5 Å². The third-order valence-corrected chi connectivity index (χ3v) is 3.89. The molecule has 102 valence electrons. The maximum absolute atomic E-state index is 8.91. The minimum atomic E-state index is 0.515. The summed E-state index contributed by atoms with van der Waals surface area (Å²) in [5.41, 5.74) is 3.05. The highest BCUT2D eigenvalue weighted by Crippen LogP contribution is 2.20. The summed E-state index contributed by atoms with van der Waals surface area (Å²) in [6.45, 7) is 6.06. The zero-order chi connectivity index (χ0) is 13.9. The molecule has 1 aromatic carbocycles. The summed E-state index contributed by atoms with van der Waals surface area (Å²) < 4.78 is 1.96. The van der Waals surface area contributed by atoms with Crippen LogP contribution in [0.4, 0.5) is 0 Å². The Morgan fingerprint density at radius 2 is 2.10 bits per heavy atom. The van der Waals surface area contributed by atoms with Crippen LogP contribution >= 0.6 is 0 Å². The molecular weight excluding hydrogens is 248 g/mol. The Hall–Kier alpha value is -2.12. The predicted octanol–water partition coefficient (Wildman–Crippen LogP) is 2.37. The molecule has 1 atom stereocenters. The van der Waals surface area contributed by atoms with Crippen molar-refractivity contribution in [3.05, 3.63) is 53.3 Å². The lowest BCUT2D eigenvalue weighted by Crippen LogP contribution is -2.36. The van der Waals surface area contributed by atoms with Gasteiger partial charge in [-0.25, -0.2) is 0 Å². The lowest BCUT2D eigenvalue weighted by Gasteiger charge is -2.29. The fraction of sp³-hybridized carbons (Fsp3) is 0.375. The van der Waals surface area contributed by atoms with E-state index in [1.165, 1.54) is 5.56 Å². The first-order chi connectivity index (χ1) is 9.76. The van der Waals surface area contributed by atoms with E-state index in [9.17, 15) is 0 Å². The molecule has 3 rings (SSSR count). The van der Waals surface area contributed by atoms with Gasteiger partial charge < -0.3 is 0 Å². The number of fused-ring (bicyclic) bond motifs is 1. The molecule has 20 heavy (non-hydrogen) atoms. The molecule has 1 aliphatic heterocycles. The van der Waals surface area contributed by atoms with Crippen molar-refractivity contribution in [1.29, 1.82) is 5.26 Å². The van der Waals surface area contributed by atoms with Crippen LogP contribution in [-0.4, -0.2) is 27.8 Å². The molecule has 0 saturated carbocycles. The van der Waals surface area contributed by atoms with Crippen molar-refractivity contribution in [2.24, 2.45) is 0 Å². The van der Waals surface area contributed by atoms with Gasteiger partial charge in [-0.2, -0.15) is 10.4 Å². The van der Waals surface area contributed by atoms with Crippen molar-refractivity contribution in [2.45, 2.75) is 25.9 Å². The van der Waals surface area contributed by atoms with Crippen molar-refractivity contribution in [3.8, 4) is 6.07 Å². The molecule has 0 bridgehead atoms. The van der Waals surface area contributed by atoms with E-state index in [1.54, 1.807) is 0 Å². The molecule has 0 N–H and O–H groups in total. The van der Waals surface area contributed by atoms with E-state index in [0.29, 0.717) is 11.6 Å². The number of hydrogen-bond donors (Lipinski definition) is 0. The number of hydrogen-bond acceptors (Lipinski definition) is 3. The van der Waals surface area contributed by atoms with E-state index in [-0.39, 0.29) is 0 Å². The highest BCUT2D eigenvalue weighted by molar-refractivity contribution is 5.23. The maximum atomic E-state index is 8.91. The van der Waals surface area contributed by atoms with Gasteiger partial charge >= 0.3 is 0 Å². The Morgan fingerprint density at radius 3 is 2.85 bits per heavy atom. The molecule has 1 aromatic heterocycles. The minimum absolute atomic E-state index is 0.515. The monoisotopic (exact) mass is 266 g/mol. The summed E-state index contributed by atoms with van der Waals surface area (Å²) in [4.78, 5) is 2.44. The molecular formula is C16H18N4. The zero-order valence-corrected chi connectivity index (χ0v) is 11.7. The Bertz CT molecular complexity index is 624. The van der Waals surface area contributed by atoms with Gasteiger partial charge in [-0.1, -0.05) is 37.3 Å². The Labute approximate surface area is 119 Å². The van der Waals surface area contributed by atoms with Crippen molar-refractivity contribution in [2.75, 3.05) is 13.1 Å². The molecule has 0 aliphatic carbocycles. The molecule has 1 aliphatic rings. The van der Waals surface area contributed by atoms with Gasteiger partial charge in [0.25, 0.3) is 0 Å². The van der Waals surface area contributed by atoms with E-state index in [1.807, 2.05) is 10.7 Å². The molecule has 2 heterocycles. The summed E-state index contributed by atoms with van der Waals surface area (Å²) >= 11 is 0. The molecule has 0 radical (unpaired) electrons. The third kappa shape index (κ3) is 2.59. The highest BCUT2D eigenvalue weighted by atomic mass is 15.3. The van der Waals surface area contributed by atoms with Crippen LogP contribution in [0.3, 0.4) is 0 Å². The van der Waals surface area contributed by atoms with Crippen molar-refractivity contribution in [1.82, 2.24) is 14.7 Å². The van der Waals surface area contributed by atoms with Crippen LogP contribution in [0.25, 0.3) is 0 Å². The molecule has 4 heteroatoms. The first-order valence-corrected chi connectivity index (χ1v) is 7.00. The molecule has 0 saturated heterocycles. The van der Waals surface area contributed by atoms with Crippen molar-refractivity contribution >= 4 is 0 Å². The average molecular weight is 266 g/mol. The van der Waals surface area contributed by atoms with E-state index >= 15 is 0 Å². The fourth-order valence-electron chi connectivity index (χ4n) is 2.81. The first-order valence-electron chi connectivity index (χ1n) is 7.00. The molecule has 0 amide bonds. The van der Waals surface area contributed by atoms with Crippen LogP contribution in [0.1, 0.15) is 29.8 Å². The number of rotatable bonds is 3. The lowest BCUT2D eigenvalue weighted by atomic mass is 10.0. The number of benzene rings is 1. The number of aromatic nitrogens is 2. The van der Waals surface area contributed by atoms with Crippen LogP contribution in [0.15, 0.2) is 36.4 Å². The van der Waals surface area contributed by atoms with Crippen LogP contribution in [0.5, 0.6) is 0 Å². The van der Waals surface area contributed by atoms with Crippen molar-refractivity contribution in [3.63, 3.8) is 0 Å². The first kappa shape index (κ1) is 12.9. The second-order valence-corrected chi connectivity index (χ2v) is 5.40. The van der Waals surface area contributed by atoms with Gasteiger partial charge in [0.15, 0.2) is 5.69 Å². The standard InChI is InChI=1S/C16H18N4/c1-13(14-5-3-2-4-6-14)11-19-7-8-20-16(12-19)9-15(10-17)18-20/h2-6,9,13H,7-8,11-12H2,1H3/t13-/m1/s1. The molecule has 4 nitrogen and oxygen atoms in total. The molecule has 0 unspecified atom stereocenters. The summed E-state index contributed by atoms with van der Waals surface area (Å²) in [7, 11) is 0. The van der Waals surface area contributed by atoms with Crippen LogP contribution < -0.4 is 0 Å². The second kappa shape index (κ2) is 5.48. The van der Waals surface area contributed by atoms with Gasteiger partial charge in [0, 0.05) is 19.6 Å². The molecule has 0 fully saturated rings. The average Bonchev–Trinajstić information content (AvgIpc) is 2.90. The van der Waals surface area contributed by atoms with Crippen LogP contribution in [0, 0.1) is 11.3 Å². The SMILES string of the molecule is C[C@H](CN1CCn2nc(C#N)cc2C1)c1ccccc1. The normalized spacial score (nSPS) is 16.4. The van der Waals surface area contributed by atoms with Crippen LogP contribution in [-0.2, 0) is 13.1 Å². The minimum Gasteiger partial charge on any atom is -0.295 e. The smallest absolute Gasteiger partial charge is 0.162 e. The van der Waals surface area contributed by atoms with Gasteiger partial charge in [0.1, 0.15) is 6.07 Å². The summed E-state index contributed by atoms with van der Waals surface area (Å²) in [6, 6.07) is 14.6. The summed E-state index contributed by atoms with van der Waals surface area (Å²) in [5, 5.41) is 13.2. The van der Waals surface area contributed by atoms with Gasteiger partial charge in [-0.3, -0.25) is 9.58 Å². The second-order valence-electron chi connectivity index (χ2n) is 5.40.